The van der Waals surface area contributed by atoms with E-state index in [1.54, 1.807) is 0 Å². The first kappa shape index (κ1) is 15.2. The van der Waals surface area contributed by atoms with Crippen molar-refractivity contribution in [2.24, 2.45) is 5.92 Å². The quantitative estimate of drug-likeness (QED) is 0.895. The molecule has 1 amide bonds. The molecule has 1 atom stereocenters. The number of rotatable bonds is 4. The van der Waals surface area contributed by atoms with Gasteiger partial charge in [0.15, 0.2) is 0 Å². The van der Waals surface area contributed by atoms with Crippen molar-refractivity contribution < 1.29 is 9.90 Å². The lowest BCUT2D eigenvalue weighted by atomic mass is 9.75. The highest BCUT2D eigenvalue weighted by molar-refractivity contribution is 5.94. The second-order valence-electron chi connectivity index (χ2n) is 7.59. The molecule has 5 rings (SSSR count). The van der Waals surface area contributed by atoms with Gasteiger partial charge in [-0.25, -0.2) is 0 Å². The van der Waals surface area contributed by atoms with Crippen LogP contribution in [-0.2, 0) is 0 Å². The topological polar surface area (TPSA) is 52.6 Å². The zero-order chi connectivity index (χ0) is 15.9. The number of hydrogen-bond acceptors (Lipinski definition) is 3. The monoisotopic (exact) mass is 314 g/mol. The van der Waals surface area contributed by atoms with E-state index in [1.165, 1.54) is 24.8 Å². The van der Waals surface area contributed by atoms with Crippen molar-refractivity contribution in [1.82, 2.24) is 10.2 Å². The molecule has 4 aliphatic rings. The van der Waals surface area contributed by atoms with Crippen LogP contribution in [-0.4, -0.2) is 47.7 Å². The van der Waals surface area contributed by atoms with Crippen LogP contribution < -0.4 is 5.32 Å². The van der Waals surface area contributed by atoms with Gasteiger partial charge in [0.25, 0.3) is 5.91 Å². The van der Waals surface area contributed by atoms with Crippen molar-refractivity contribution in [3.05, 3.63) is 35.4 Å². The first-order chi connectivity index (χ1) is 11.1. The molecule has 2 bridgehead atoms. The Morgan fingerprint density at radius 3 is 2.65 bits per heavy atom. The van der Waals surface area contributed by atoms with Crippen molar-refractivity contribution in [2.75, 3.05) is 26.2 Å². The van der Waals surface area contributed by atoms with Crippen LogP contribution in [0.2, 0.25) is 0 Å². The smallest absolute Gasteiger partial charge is 0.251 e. The highest BCUT2D eigenvalue weighted by Crippen LogP contribution is 2.37. The number of carbonyl (C=O) groups is 1. The summed E-state index contributed by atoms with van der Waals surface area (Å²) < 4.78 is 0. The molecular weight excluding hydrogens is 288 g/mol. The largest absolute Gasteiger partial charge is 0.386 e. The SMILES string of the molecule is O=C(NCC1(O)CN2CCC1CC2)c1cccc(C2CCC2)c1. The van der Waals surface area contributed by atoms with E-state index < -0.39 is 5.60 Å². The van der Waals surface area contributed by atoms with Gasteiger partial charge < -0.3 is 15.3 Å². The van der Waals surface area contributed by atoms with Crippen molar-refractivity contribution in [3.63, 3.8) is 0 Å². The molecule has 1 aromatic carbocycles. The molecule has 0 aromatic heterocycles. The minimum atomic E-state index is -0.752. The van der Waals surface area contributed by atoms with Crippen molar-refractivity contribution in [2.45, 2.75) is 43.6 Å². The lowest BCUT2D eigenvalue weighted by Gasteiger charge is -2.50. The summed E-state index contributed by atoms with van der Waals surface area (Å²) in [4.78, 5) is 14.8. The summed E-state index contributed by atoms with van der Waals surface area (Å²) in [5.74, 6) is 0.902. The minimum Gasteiger partial charge on any atom is -0.386 e. The van der Waals surface area contributed by atoms with Crippen LogP contribution in [0.4, 0.5) is 0 Å². The standard InChI is InChI=1S/C19H26N2O2/c22-18(16-6-2-5-15(11-16)14-3-1-4-14)20-12-19(23)13-21-9-7-17(19)8-10-21/h2,5-6,11,14,17,23H,1,3-4,7-10,12-13H2,(H,20,22). The number of amides is 1. The van der Waals surface area contributed by atoms with Gasteiger partial charge in [-0.15, -0.1) is 0 Å². The molecule has 1 aliphatic carbocycles. The van der Waals surface area contributed by atoms with Crippen molar-refractivity contribution in [1.29, 1.82) is 0 Å². The highest BCUT2D eigenvalue weighted by atomic mass is 16.3. The second kappa shape index (κ2) is 5.91. The maximum atomic E-state index is 12.5. The van der Waals surface area contributed by atoms with Crippen LogP contribution in [0, 0.1) is 5.92 Å². The lowest BCUT2D eigenvalue weighted by Crippen LogP contribution is -2.63. The molecule has 3 aliphatic heterocycles. The number of fused-ring (bicyclic) bond motifs is 3. The summed E-state index contributed by atoms with van der Waals surface area (Å²) in [6, 6.07) is 8.00. The summed E-state index contributed by atoms with van der Waals surface area (Å²) in [5, 5.41) is 13.9. The molecule has 3 heterocycles. The normalized spacial score (nSPS) is 33.3. The zero-order valence-corrected chi connectivity index (χ0v) is 13.6. The van der Waals surface area contributed by atoms with E-state index in [9.17, 15) is 9.90 Å². The van der Waals surface area contributed by atoms with Crippen molar-refractivity contribution >= 4 is 5.91 Å². The average Bonchev–Trinajstić information content (AvgIpc) is 2.52. The molecule has 2 N–H and O–H groups in total. The van der Waals surface area contributed by atoms with E-state index >= 15 is 0 Å². The number of nitrogens with zero attached hydrogens (tertiary/aromatic N) is 1. The number of benzene rings is 1. The summed E-state index contributed by atoms with van der Waals surface area (Å²) in [7, 11) is 0. The third kappa shape index (κ3) is 2.90. The molecule has 1 unspecified atom stereocenters. The minimum absolute atomic E-state index is 0.0592. The number of nitrogens with one attached hydrogen (secondary N) is 1. The van der Waals surface area contributed by atoms with Gasteiger partial charge in [0, 0.05) is 18.7 Å². The van der Waals surface area contributed by atoms with Gasteiger partial charge in [0.1, 0.15) is 0 Å². The average molecular weight is 314 g/mol. The maximum absolute atomic E-state index is 12.5. The van der Waals surface area contributed by atoms with E-state index in [1.807, 2.05) is 18.2 Å². The first-order valence-electron chi connectivity index (χ1n) is 8.97. The molecule has 23 heavy (non-hydrogen) atoms. The fourth-order valence-corrected chi connectivity index (χ4v) is 4.36. The predicted molar refractivity (Wildman–Crippen MR) is 89.5 cm³/mol. The van der Waals surface area contributed by atoms with E-state index in [4.69, 9.17) is 0 Å². The van der Waals surface area contributed by atoms with Gasteiger partial charge in [-0.05, 0) is 68.3 Å². The number of aliphatic hydroxyl groups is 1. The van der Waals surface area contributed by atoms with Gasteiger partial charge in [-0.3, -0.25) is 4.79 Å². The number of carbonyl (C=O) groups excluding carboxylic acids is 1. The summed E-state index contributed by atoms with van der Waals surface area (Å²) >= 11 is 0. The van der Waals surface area contributed by atoms with Crippen LogP contribution in [0.15, 0.2) is 24.3 Å². The molecule has 3 saturated heterocycles. The van der Waals surface area contributed by atoms with E-state index in [2.05, 4.69) is 16.3 Å². The lowest BCUT2D eigenvalue weighted by molar-refractivity contribution is -0.108. The number of hydrogen-bond donors (Lipinski definition) is 2. The molecule has 4 fully saturated rings. The molecule has 1 saturated carbocycles. The zero-order valence-electron chi connectivity index (χ0n) is 13.6. The van der Waals surface area contributed by atoms with Gasteiger partial charge in [0.2, 0.25) is 0 Å². The second-order valence-corrected chi connectivity index (χ2v) is 7.59. The number of piperidine rings is 3. The third-order valence-electron chi connectivity index (χ3n) is 6.13. The summed E-state index contributed by atoms with van der Waals surface area (Å²) in [5.41, 5.74) is 1.25. The Hall–Kier alpha value is -1.39. The van der Waals surface area contributed by atoms with Gasteiger partial charge >= 0.3 is 0 Å². The molecule has 4 nitrogen and oxygen atoms in total. The van der Waals surface area contributed by atoms with Crippen molar-refractivity contribution in [3.8, 4) is 0 Å². The van der Waals surface area contributed by atoms with Gasteiger partial charge in [-0.1, -0.05) is 18.6 Å². The fourth-order valence-electron chi connectivity index (χ4n) is 4.36. The Morgan fingerprint density at radius 1 is 1.26 bits per heavy atom. The van der Waals surface area contributed by atoms with Crippen LogP contribution >= 0.6 is 0 Å². The predicted octanol–water partition coefficient (Wildman–Crippen LogP) is 2.14. The fraction of sp³-hybridized carbons (Fsp3) is 0.632. The highest BCUT2D eigenvalue weighted by Gasteiger charge is 2.45. The van der Waals surface area contributed by atoms with Gasteiger partial charge in [-0.2, -0.15) is 0 Å². The Balaban J connectivity index is 1.40. The Labute approximate surface area is 137 Å². The van der Waals surface area contributed by atoms with Crippen LogP contribution in [0.3, 0.4) is 0 Å². The van der Waals surface area contributed by atoms with Crippen LogP contribution in [0.5, 0.6) is 0 Å². The van der Waals surface area contributed by atoms with Crippen LogP contribution in [0.1, 0.15) is 53.9 Å². The molecule has 4 heteroatoms. The Morgan fingerprint density at radius 2 is 2.04 bits per heavy atom. The maximum Gasteiger partial charge on any atom is 0.251 e. The molecule has 0 spiro atoms. The van der Waals surface area contributed by atoms with Gasteiger partial charge in [0.05, 0.1) is 5.60 Å². The molecule has 124 valence electrons. The summed E-state index contributed by atoms with van der Waals surface area (Å²) in [6.07, 6.45) is 5.86. The molecule has 0 radical (unpaired) electrons. The van der Waals surface area contributed by atoms with E-state index in [0.717, 1.165) is 31.5 Å². The molecule has 1 aromatic rings. The first-order valence-corrected chi connectivity index (χ1v) is 8.97. The molecular formula is C19H26N2O2. The van der Waals surface area contributed by atoms with E-state index in [-0.39, 0.29) is 5.91 Å². The Bertz CT molecular complexity index is 591. The third-order valence-corrected chi connectivity index (χ3v) is 6.13. The van der Waals surface area contributed by atoms with E-state index in [0.29, 0.717) is 24.9 Å². The Kier molecular flexibility index (Phi) is 3.90. The summed E-state index contributed by atoms with van der Waals surface area (Å²) in [6.45, 7) is 3.23. The van der Waals surface area contributed by atoms with Crippen LogP contribution in [0.25, 0.3) is 0 Å².